The van der Waals surface area contributed by atoms with Crippen molar-refractivity contribution in [3.05, 3.63) is 124 Å². The number of aliphatic hydroxyl groups is 2. The summed E-state index contributed by atoms with van der Waals surface area (Å²) in [5, 5.41) is 20.2. The first-order valence-corrected chi connectivity index (χ1v) is 18.9. The predicted molar refractivity (Wildman–Crippen MR) is 189 cm³/mol. The van der Waals surface area contributed by atoms with Gasteiger partial charge < -0.3 is 20.7 Å². The van der Waals surface area contributed by atoms with Crippen molar-refractivity contribution < 1.29 is 54.9 Å². The second kappa shape index (κ2) is 16.6. The van der Waals surface area contributed by atoms with Gasteiger partial charge in [-0.25, -0.2) is 26.9 Å². The zero-order chi connectivity index (χ0) is 39.4. The van der Waals surface area contributed by atoms with Crippen molar-refractivity contribution in [2.75, 3.05) is 20.3 Å². The van der Waals surface area contributed by atoms with Crippen molar-refractivity contribution in [3.8, 4) is 0 Å². The van der Waals surface area contributed by atoms with Crippen molar-refractivity contribution >= 4 is 33.4 Å². The van der Waals surface area contributed by atoms with Crippen LogP contribution in [0.2, 0.25) is 0 Å². The van der Waals surface area contributed by atoms with Gasteiger partial charge in [0, 0.05) is 35.1 Å². The number of benzene rings is 3. The van der Waals surface area contributed by atoms with Crippen LogP contribution in [0.15, 0.2) is 102 Å². The molecule has 1 fully saturated rings. The third-order valence-electron chi connectivity index (χ3n) is 9.19. The van der Waals surface area contributed by atoms with E-state index in [1.807, 2.05) is 0 Å². The van der Waals surface area contributed by atoms with Crippen LogP contribution in [0.4, 0.5) is 26.7 Å². The molecule has 1 aromatic heterocycles. The van der Waals surface area contributed by atoms with E-state index in [0.29, 0.717) is 4.88 Å². The number of carbonyl (C=O) groups is 2. The molecule has 2 amide bonds. The minimum atomic E-state index is -5.01. The van der Waals surface area contributed by atoms with Gasteiger partial charge in [-0.1, -0.05) is 72.8 Å². The Hall–Kier alpha value is -4.26. The van der Waals surface area contributed by atoms with Crippen molar-refractivity contribution in [1.29, 1.82) is 0 Å². The molecular formula is C37H38F5N3O7S2. The molecule has 1 heterocycles. The van der Waals surface area contributed by atoms with E-state index < -0.39 is 101 Å². The van der Waals surface area contributed by atoms with Crippen LogP contribution in [-0.2, 0) is 26.1 Å². The van der Waals surface area contributed by atoms with Gasteiger partial charge in [-0.2, -0.15) is 17.5 Å². The molecular weight excluding hydrogens is 758 g/mol. The van der Waals surface area contributed by atoms with Gasteiger partial charge in [-0.05, 0) is 46.9 Å². The molecule has 54 heavy (non-hydrogen) atoms. The fourth-order valence-corrected chi connectivity index (χ4v) is 9.28. The summed E-state index contributed by atoms with van der Waals surface area (Å²) in [6, 6.07) is 21.6. The number of ether oxygens (including phenoxy) is 1. The summed E-state index contributed by atoms with van der Waals surface area (Å²) >= 11 is 0.938. The van der Waals surface area contributed by atoms with Crippen LogP contribution in [0, 0.1) is 5.92 Å². The zero-order valence-electron chi connectivity index (χ0n) is 28.8. The Bertz CT molecular complexity index is 1950. The number of imide groups is 1. The van der Waals surface area contributed by atoms with Gasteiger partial charge in [0.05, 0.1) is 37.2 Å². The van der Waals surface area contributed by atoms with Crippen molar-refractivity contribution in [2.24, 2.45) is 11.7 Å². The van der Waals surface area contributed by atoms with Crippen LogP contribution < -0.4 is 5.73 Å². The minimum absolute atomic E-state index is 0.222. The highest BCUT2D eigenvalue weighted by molar-refractivity contribution is 7.89. The normalized spacial score (nSPS) is 16.4. The Morgan fingerprint density at radius 3 is 1.96 bits per heavy atom. The van der Waals surface area contributed by atoms with E-state index in [4.69, 9.17) is 10.5 Å². The number of hydrogen-bond acceptors (Lipinski definition) is 9. The molecule has 0 spiro atoms. The molecule has 3 aromatic carbocycles. The molecule has 0 saturated heterocycles. The van der Waals surface area contributed by atoms with E-state index in [1.54, 1.807) is 60.7 Å². The first-order valence-electron chi connectivity index (χ1n) is 16.7. The van der Waals surface area contributed by atoms with E-state index >= 15 is 0 Å². The molecule has 0 bridgehead atoms. The molecule has 4 N–H and O–H groups in total. The molecule has 1 aliphatic rings. The fourth-order valence-electron chi connectivity index (χ4n) is 6.44. The molecule has 0 aliphatic heterocycles. The highest BCUT2D eigenvalue weighted by atomic mass is 32.2. The molecule has 0 unspecified atom stereocenters. The Labute approximate surface area is 312 Å². The van der Waals surface area contributed by atoms with Gasteiger partial charge in [0.25, 0.3) is 0 Å². The number of rotatable bonds is 14. The third kappa shape index (κ3) is 9.15. The van der Waals surface area contributed by atoms with E-state index in [9.17, 15) is 50.2 Å². The Kier molecular flexibility index (Phi) is 12.6. The Morgan fingerprint density at radius 1 is 0.926 bits per heavy atom. The van der Waals surface area contributed by atoms with Crippen molar-refractivity contribution in [2.45, 2.75) is 60.5 Å². The summed E-state index contributed by atoms with van der Waals surface area (Å²) in [4.78, 5) is 27.9. The van der Waals surface area contributed by atoms with Crippen LogP contribution >= 0.6 is 11.3 Å². The zero-order valence-corrected chi connectivity index (χ0v) is 30.4. The number of nitrogens with zero attached hydrogens (tertiary/aromatic N) is 2. The van der Waals surface area contributed by atoms with Crippen LogP contribution in [0.5, 0.6) is 0 Å². The lowest BCUT2D eigenvalue weighted by Crippen LogP contribution is -2.49. The van der Waals surface area contributed by atoms with Crippen molar-refractivity contribution in [3.63, 3.8) is 0 Å². The summed E-state index contributed by atoms with van der Waals surface area (Å²) in [7, 11) is -3.56. The Balaban J connectivity index is 1.44. The van der Waals surface area contributed by atoms with Gasteiger partial charge in [0.15, 0.2) is 6.10 Å². The number of methoxy groups -OCH3 is 1. The maximum Gasteiger partial charge on any atom is 0.418 e. The average Bonchev–Trinajstić information content (AvgIpc) is 3.60. The van der Waals surface area contributed by atoms with Crippen LogP contribution in [-0.4, -0.2) is 78.2 Å². The number of nitrogens with two attached hydrogens (primary N) is 1. The third-order valence-corrected chi connectivity index (χ3v) is 12.3. The predicted octanol–water partition coefficient (Wildman–Crippen LogP) is 6.37. The fraction of sp³-hybridized carbons (Fsp3) is 0.351. The number of alkyl halides is 5. The highest BCUT2D eigenvalue weighted by Gasteiger charge is 2.48. The average molecular weight is 796 g/mol. The van der Waals surface area contributed by atoms with E-state index in [2.05, 4.69) is 0 Å². The summed E-state index contributed by atoms with van der Waals surface area (Å²) < 4.78 is 101. The first kappa shape index (κ1) is 40.9. The topological polar surface area (TPSA) is 150 Å². The smallest absolute Gasteiger partial charge is 0.418 e. The van der Waals surface area contributed by atoms with Gasteiger partial charge >= 0.3 is 12.3 Å². The number of amides is 2. The maximum atomic E-state index is 14.0. The second-order valence-corrected chi connectivity index (χ2v) is 16.0. The molecule has 1 saturated carbocycles. The molecule has 5 rings (SSSR count). The summed E-state index contributed by atoms with van der Waals surface area (Å²) in [5.41, 5.74) is 7.42. The molecule has 1 aliphatic carbocycles. The molecule has 17 heteroatoms. The van der Waals surface area contributed by atoms with E-state index in [0.717, 1.165) is 63.0 Å². The summed E-state index contributed by atoms with van der Waals surface area (Å²) in [6.45, 7) is -1.64. The monoisotopic (exact) mass is 795 g/mol. The molecule has 10 nitrogen and oxygen atoms in total. The standard InChI is InChI=1S/C37H38F5N3O7S2/c1-52-35(49)44(34(48)32(43)31(24-8-4-2-5-9-24)25-10-6-3-7-11-25)21-27-14-17-30(53-27)29(22-46)45(20-23-18-36(38,39)19-23)54(50,51)28-15-12-26(13-16-28)33(47)37(40,41)42/h2-17,23,29,31-33,46-47H,18-22,43H2,1H3/t29-,32+,33-/m1/s1. The molecule has 0 radical (unpaired) electrons. The summed E-state index contributed by atoms with van der Waals surface area (Å²) in [6.07, 6.45) is -10.1. The highest BCUT2D eigenvalue weighted by Crippen LogP contribution is 2.45. The quantitative estimate of drug-likeness (QED) is 0.125. The number of carbonyl (C=O) groups excluding carboxylic acids is 2. The van der Waals surface area contributed by atoms with Crippen molar-refractivity contribution in [1.82, 2.24) is 9.21 Å². The largest absolute Gasteiger partial charge is 0.452 e. The number of aliphatic hydroxyl groups excluding tert-OH is 2. The lowest BCUT2D eigenvalue weighted by Gasteiger charge is -2.39. The van der Waals surface area contributed by atoms with Crippen LogP contribution in [0.1, 0.15) is 57.4 Å². The maximum absolute atomic E-state index is 14.0. The van der Waals surface area contributed by atoms with Gasteiger partial charge in [-0.15, -0.1) is 11.3 Å². The number of hydrogen-bond donors (Lipinski definition) is 3. The van der Waals surface area contributed by atoms with Crippen LogP contribution in [0.3, 0.4) is 0 Å². The molecule has 3 atom stereocenters. The van der Waals surface area contributed by atoms with Gasteiger partial charge in [-0.3, -0.25) is 4.79 Å². The lowest BCUT2D eigenvalue weighted by atomic mass is 9.81. The lowest BCUT2D eigenvalue weighted by molar-refractivity contribution is -0.206. The SMILES string of the molecule is COC(=O)N(Cc1ccc([C@@H](CO)N(CC2CC(F)(F)C2)S(=O)(=O)c2ccc([C@@H](O)C(F)(F)F)cc2)s1)C(=O)[C@@H](N)C(c1ccccc1)c1ccccc1. The number of thiophene rings is 1. The molecule has 290 valence electrons. The summed E-state index contributed by atoms with van der Waals surface area (Å²) in [5.74, 6) is -5.24. The van der Waals surface area contributed by atoms with E-state index in [-0.39, 0.29) is 11.4 Å². The number of sulfonamides is 1. The van der Waals surface area contributed by atoms with Crippen LogP contribution in [0.25, 0.3) is 0 Å². The molecule has 4 aromatic rings. The first-order chi connectivity index (χ1) is 25.5. The number of halogens is 5. The minimum Gasteiger partial charge on any atom is -0.452 e. The van der Waals surface area contributed by atoms with Gasteiger partial charge in [0.2, 0.25) is 21.9 Å². The van der Waals surface area contributed by atoms with Gasteiger partial charge in [0.1, 0.15) is 0 Å². The second-order valence-electron chi connectivity index (χ2n) is 12.9. The van der Waals surface area contributed by atoms with E-state index in [1.165, 1.54) is 12.1 Å². The Morgan fingerprint density at radius 2 is 1.48 bits per heavy atom.